The first-order valence-electron chi connectivity index (χ1n) is 12.0. The molecule has 172 valence electrons. The molecule has 0 aliphatic heterocycles. The van der Waals surface area contributed by atoms with E-state index in [0.717, 1.165) is 70.0 Å². The van der Waals surface area contributed by atoms with E-state index in [1.165, 1.54) is 0 Å². The maximum Gasteiger partial charge on any atom is 0.101 e. The van der Waals surface area contributed by atoms with Crippen molar-refractivity contribution in [2.24, 2.45) is 0 Å². The number of pyridine rings is 1. The maximum absolute atomic E-state index is 9.82. The molecule has 35 heavy (non-hydrogen) atoms. The minimum Gasteiger partial charge on any atom is -0.393 e. The zero-order valence-electron chi connectivity index (χ0n) is 19.2. The minimum absolute atomic E-state index is 0.211. The summed E-state index contributed by atoms with van der Waals surface area (Å²) in [6, 6.07) is 24.8. The first-order valence-corrected chi connectivity index (χ1v) is 12.0. The highest BCUT2D eigenvalue weighted by Gasteiger charge is 2.20. The quantitative estimate of drug-likeness (QED) is 0.353. The number of aliphatic hydroxyl groups is 1. The number of nitriles is 1. The van der Waals surface area contributed by atoms with Crippen LogP contribution < -0.4 is 5.32 Å². The largest absolute Gasteiger partial charge is 0.393 e. The van der Waals surface area contributed by atoms with Crippen molar-refractivity contribution in [3.05, 3.63) is 84.7 Å². The van der Waals surface area contributed by atoms with Gasteiger partial charge < -0.3 is 10.4 Å². The second kappa shape index (κ2) is 8.86. The lowest BCUT2D eigenvalue weighted by Crippen LogP contribution is -2.28. The molecule has 0 unspecified atom stereocenters. The van der Waals surface area contributed by atoms with Crippen molar-refractivity contribution >= 4 is 27.5 Å². The number of hydrogen-bond donors (Lipinski definition) is 2. The molecule has 0 atom stereocenters. The monoisotopic (exact) mass is 459 g/mol. The van der Waals surface area contributed by atoms with Crippen LogP contribution in [-0.4, -0.2) is 32.0 Å². The van der Waals surface area contributed by atoms with E-state index < -0.39 is 0 Å². The number of benzene rings is 3. The molecule has 3 aromatic carbocycles. The van der Waals surface area contributed by atoms with Crippen molar-refractivity contribution in [3.63, 3.8) is 0 Å². The average Bonchev–Trinajstić information content (AvgIpc) is 3.34. The molecule has 2 N–H and O–H groups in total. The molecule has 6 nitrogen and oxygen atoms in total. The van der Waals surface area contributed by atoms with E-state index in [0.29, 0.717) is 5.56 Å². The first-order chi connectivity index (χ1) is 17.2. The minimum atomic E-state index is -0.211. The number of nitrogens with one attached hydrogen (secondary N) is 1. The van der Waals surface area contributed by atoms with Crippen LogP contribution in [0.3, 0.4) is 0 Å². The zero-order chi connectivity index (χ0) is 23.8. The Labute approximate surface area is 203 Å². The Morgan fingerprint density at radius 3 is 2.66 bits per heavy atom. The van der Waals surface area contributed by atoms with Crippen molar-refractivity contribution in [1.82, 2.24) is 14.8 Å². The standard InChI is InChI=1S/C29H25N5O/c30-16-20-8-11-23(15-28(20)33-22-9-12-24(35)13-10-22)34-29-7-3-5-25(26(29)18-32-34)21-14-19-4-1-2-6-27(19)31-17-21/h1-8,11,14-15,17-18,22,24,33,35H,9-10,12-13H2/t22-,24-. The summed E-state index contributed by atoms with van der Waals surface area (Å²) in [7, 11) is 0. The van der Waals surface area contributed by atoms with Crippen LogP contribution in [-0.2, 0) is 0 Å². The number of rotatable bonds is 4. The van der Waals surface area contributed by atoms with Gasteiger partial charge >= 0.3 is 0 Å². The third-order valence-electron chi connectivity index (χ3n) is 6.94. The summed E-state index contributed by atoms with van der Waals surface area (Å²) in [5, 5.41) is 29.9. The second-order valence-electron chi connectivity index (χ2n) is 9.20. The molecule has 5 aromatic rings. The van der Waals surface area contributed by atoms with Crippen molar-refractivity contribution < 1.29 is 5.11 Å². The van der Waals surface area contributed by atoms with Crippen molar-refractivity contribution in [3.8, 4) is 22.9 Å². The van der Waals surface area contributed by atoms with Crippen molar-refractivity contribution in [2.45, 2.75) is 37.8 Å². The van der Waals surface area contributed by atoms with Crippen molar-refractivity contribution in [2.75, 3.05) is 5.32 Å². The van der Waals surface area contributed by atoms with Crippen LogP contribution in [0.4, 0.5) is 5.69 Å². The molecule has 1 fully saturated rings. The van der Waals surface area contributed by atoms with Gasteiger partial charge in [-0.3, -0.25) is 4.98 Å². The summed E-state index contributed by atoms with van der Waals surface area (Å²) in [4.78, 5) is 4.64. The van der Waals surface area contributed by atoms with Crippen LogP contribution in [0.5, 0.6) is 0 Å². The molecule has 0 spiro atoms. The fourth-order valence-corrected chi connectivity index (χ4v) is 5.05. The summed E-state index contributed by atoms with van der Waals surface area (Å²) < 4.78 is 1.92. The zero-order valence-corrected chi connectivity index (χ0v) is 19.2. The summed E-state index contributed by atoms with van der Waals surface area (Å²) in [5.74, 6) is 0. The molecule has 0 radical (unpaired) electrons. The molecular formula is C29H25N5O. The lowest BCUT2D eigenvalue weighted by molar-refractivity contribution is 0.126. The van der Waals surface area contributed by atoms with Gasteiger partial charge in [0.2, 0.25) is 0 Å². The highest BCUT2D eigenvalue weighted by atomic mass is 16.3. The van der Waals surface area contributed by atoms with Gasteiger partial charge in [0.05, 0.1) is 40.3 Å². The lowest BCUT2D eigenvalue weighted by atomic mass is 9.93. The summed E-state index contributed by atoms with van der Waals surface area (Å²) in [6.45, 7) is 0. The van der Waals surface area contributed by atoms with Gasteiger partial charge in [-0.15, -0.1) is 0 Å². The number of aromatic nitrogens is 3. The number of nitrogens with zero attached hydrogens (tertiary/aromatic N) is 4. The highest BCUT2D eigenvalue weighted by Crippen LogP contribution is 2.32. The number of anilines is 1. The Hall–Kier alpha value is -4.21. The number of para-hydroxylation sites is 1. The topological polar surface area (TPSA) is 86.8 Å². The van der Waals surface area contributed by atoms with E-state index in [9.17, 15) is 10.4 Å². The fourth-order valence-electron chi connectivity index (χ4n) is 5.05. The Balaban J connectivity index is 1.39. The van der Waals surface area contributed by atoms with E-state index in [2.05, 4.69) is 40.6 Å². The van der Waals surface area contributed by atoms with Gasteiger partial charge in [0.15, 0.2) is 0 Å². The van der Waals surface area contributed by atoms with Crippen LogP contribution in [0.25, 0.3) is 38.6 Å². The van der Waals surface area contributed by atoms with Gasteiger partial charge in [-0.2, -0.15) is 10.4 Å². The van der Waals surface area contributed by atoms with Gasteiger partial charge in [-0.1, -0.05) is 30.3 Å². The summed E-state index contributed by atoms with van der Waals surface area (Å²) in [5.41, 5.74) is 6.42. The van der Waals surface area contributed by atoms with Crippen LogP contribution >= 0.6 is 0 Å². The van der Waals surface area contributed by atoms with E-state index in [1.54, 1.807) is 0 Å². The molecule has 6 rings (SSSR count). The number of hydrogen-bond acceptors (Lipinski definition) is 5. The molecule has 1 aliphatic carbocycles. The third kappa shape index (κ3) is 4.01. The van der Waals surface area contributed by atoms with Crippen LogP contribution in [0.2, 0.25) is 0 Å². The SMILES string of the molecule is N#Cc1ccc(-n2ncc3c(-c4cnc5ccccc5c4)cccc32)cc1N[C@H]1CC[C@H](O)CC1. The molecule has 2 heterocycles. The van der Waals surface area contributed by atoms with Crippen LogP contribution in [0.15, 0.2) is 79.1 Å². The Kier molecular flexibility index (Phi) is 5.40. The van der Waals surface area contributed by atoms with Gasteiger partial charge in [-0.05, 0) is 67.6 Å². The number of fused-ring (bicyclic) bond motifs is 2. The van der Waals surface area contributed by atoms with E-state index in [4.69, 9.17) is 5.10 Å². The van der Waals surface area contributed by atoms with Gasteiger partial charge in [0.25, 0.3) is 0 Å². The van der Waals surface area contributed by atoms with Gasteiger partial charge in [-0.25, -0.2) is 4.68 Å². The molecule has 2 aromatic heterocycles. The lowest BCUT2D eigenvalue weighted by Gasteiger charge is -2.27. The summed E-state index contributed by atoms with van der Waals surface area (Å²) >= 11 is 0. The second-order valence-corrected chi connectivity index (χ2v) is 9.20. The predicted molar refractivity (Wildman–Crippen MR) is 138 cm³/mol. The molecule has 0 saturated heterocycles. The predicted octanol–water partition coefficient (Wildman–Crippen LogP) is 5.83. The third-order valence-corrected chi connectivity index (χ3v) is 6.94. The highest BCUT2D eigenvalue weighted by molar-refractivity contribution is 5.97. The first kappa shape index (κ1) is 21.3. The normalized spacial score (nSPS) is 17.9. The van der Waals surface area contributed by atoms with E-state index in [-0.39, 0.29) is 12.1 Å². The average molecular weight is 460 g/mol. The molecule has 6 heteroatoms. The number of aliphatic hydroxyl groups excluding tert-OH is 1. The Morgan fingerprint density at radius 2 is 1.80 bits per heavy atom. The molecule has 1 saturated carbocycles. The Bertz CT molecular complexity index is 1570. The van der Waals surface area contributed by atoms with Gasteiger partial charge in [0.1, 0.15) is 6.07 Å². The molecule has 0 amide bonds. The Morgan fingerprint density at radius 1 is 0.943 bits per heavy atom. The van der Waals surface area contributed by atoms with Gasteiger partial charge in [0, 0.05) is 28.6 Å². The molecular weight excluding hydrogens is 434 g/mol. The van der Waals surface area contributed by atoms with E-state index >= 15 is 0 Å². The van der Waals surface area contributed by atoms with Crippen LogP contribution in [0.1, 0.15) is 31.2 Å². The van der Waals surface area contributed by atoms with Crippen molar-refractivity contribution in [1.29, 1.82) is 5.26 Å². The molecule has 0 bridgehead atoms. The summed E-state index contributed by atoms with van der Waals surface area (Å²) in [6.07, 6.45) is 6.96. The van der Waals surface area contributed by atoms with Crippen LogP contribution in [0, 0.1) is 11.3 Å². The maximum atomic E-state index is 9.82. The van der Waals surface area contributed by atoms with E-state index in [1.807, 2.05) is 59.5 Å². The smallest absolute Gasteiger partial charge is 0.101 e. The molecule has 1 aliphatic rings. The fraction of sp³-hybridized carbons (Fsp3) is 0.207.